The molecule has 0 radical (unpaired) electrons. The molecule has 4 rings (SSSR count). The number of rotatable bonds is 4. The lowest BCUT2D eigenvalue weighted by atomic mass is 9.86. The highest BCUT2D eigenvalue weighted by Gasteiger charge is 2.25. The molecule has 0 N–H and O–H groups in total. The van der Waals surface area contributed by atoms with Gasteiger partial charge >= 0.3 is 5.63 Å². The van der Waals surface area contributed by atoms with Crippen molar-refractivity contribution in [1.82, 2.24) is 4.90 Å². The summed E-state index contributed by atoms with van der Waals surface area (Å²) in [4.78, 5) is 38.2. The van der Waals surface area contributed by atoms with Crippen LogP contribution in [0.5, 0.6) is 0 Å². The van der Waals surface area contributed by atoms with E-state index in [0.717, 1.165) is 33.0 Å². The number of carboxylic acid groups (broad SMARTS) is 1. The summed E-state index contributed by atoms with van der Waals surface area (Å²) in [5, 5.41) is 12.9. The molecule has 33 heavy (non-hydrogen) atoms. The van der Waals surface area contributed by atoms with Crippen LogP contribution in [0.25, 0.3) is 21.9 Å². The summed E-state index contributed by atoms with van der Waals surface area (Å²) in [6.45, 7) is 11.0. The van der Waals surface area contributed by atoms with E-state index in [-0.39, 0.29) is 24.2 Å². The summed E-state index contributed by atoms with van der Waals surface area (Å²) in [5.41, 5.74) is 3.89. The zero-order chi connectivity index (χ0) is 24.1. The molecule has 0 aliphatic carbocycles. The molecule has 176 valence electrons. The number of amides is 1. The molecule has 0 spiro atoms. The third-order valence-corrected chi connectivity index (χ3v) is 6.92. The van der Waals surface area contributed by atoms with Crippen molar-refractivity contribution < 1.29 is 23.5 Å². The molecular formula is C26H30NO6-. The lowest BCUT2D eigenvalue weighted by molar-refractivity contribution is -0.312. The number of carboxylic acids is 1. The second kappa shape index (κ2) is 8.36. The van der Waals surface area contributed by atoms with Gasteiger partial charge in [0.1, 0.15) is 11.2 Å². The average Bonchev–Trinajstić information content (AvgIpc) is 3.19. The summed E-state index contributed by atoms with van der Waals surface area (Å²) < 4.78 is 11.6. The van der Waals surface area contributed by atoms with Crippen LogP contribution < -0.4 is 10.7 Å². The van der Waals surface area contributed by atoms with Crippen molar-refractivity contribution in [2.45, 2.75) is 65.7 Å². The van der Waals surface area contributed by atoms with Crippen LogP contribution in [-0.2, 0) is 21.4 Å². The summed E-state index contributed by atoms with van der Waals surface area (Å²) in [6.07, 6.45) is 3.03. The average molecular weight is 453 g/mol. The van der Waals surface area contributed by atoms with Gasteiger partial charge in [0, 0.05) is 58.9 Å². The molecule has 0 atom stereocenters. The van der Waals surface area contributed by atoms with E-state index in [1.54, 1.807) is 11.2 Å². The fraction of sp³-hybridized carbons (Fsp3) is 0.500. The van der Waals surface area contributed by atoms with E-state index in [9.17, 15) is 19.5 Å². The minimum atomic E-state index is -1.05. The van der Waals surface area contributed by atoms with E-state index in [2.05, 4.69) is 20.8 Å². The van der Waals surface area contributed by atoms with Gasteiger partial charge in [-0.1, -0.05) is 20.8 Å². The van der Waals surface area contributed by atoms with E-state index >= 15 is 0 Å². The smallest absolute Gasteiger partial charge is 0.339 e. The van der Waals surface area contributed by atoms with Crippen molar-refractivity contribution in [3.8, 4) is 0 Å². The predicted octanol–water partition coefficient (Wildman–Crippen LogP) is 3.37. The van der Waals surface area contributed by atoms with Gasteiger partial charge in [-0.2, -0.15) is 0 Å². The van der Waals surface area contributed by atoms with Crippen molar-refractivity contribution in [3.63, 3.8) is 0 Å². The molecule has 3 aromatic rings. The summed E-state index contributed by atoms with van der Waals surface area (Å²) >= 11 is 0. The van der Waals surface area contributed by atoms with Crippen LogP contribution in [0, 0.1) is 19.8 Å². The Morgan fingerprint density at radius 1 is 1.09 bits per heavy atom. The van der Waals surface area contributed by atoms with Gasteiger partial charge in [0.25, 0.3) is 0 Å². The maximum atomic E-state index is 12.8. The van der Waals surface area contributed by atoms with Gasteiger partial charge in [-0.25, -0.2) is 4.79 Å². The molecule has 0 unspecified atom stereocenters. The van der Waals surface area contributed by atoms with Gasteiger partial charge < -0.3 is 23.6 Å². The lowest BCUT2D eigenvalue weighted by Crippen LogP contribution is -2.43. The third-order valence-electron chi connectivity index (χ3n) is 6.92. The van der Waals surface area contributed by atoms with Crippen LogP contribution in [0.4, 0.5) is 0 Å². The summed E-state index contributed by atoms with van der Waals surface area (Å²) in [6, 6.07) is 2.02. The Hall–Kier alpha value is -3.09. The number of fused-ring (bicyclic) bond motifs is 2. The maximum absolute atomic E-state index is 12.8. The van der Waals surface area contributed by atoms with Gasteiger partial charge in [0.05, 0.1) is 6.26 Å². The van der Waals surface area contributed by atoms with Gasteiger partial charge in [0.2, 0.25) is 5.91 Å². The molecule has 1 aliphatic rings. The Morgan fingerprint density at radius 2 is 1.76 bits per heavy atom. The standard InChI is InChI=1S/C26H31NO6/c1-14-17(6-7-21(28)27-10-8-16(9-11-27)24(29)30)25(31)33-23-15(2)22-19(12-18(14)23)20(13-32-22)26(3,4)5/h12-13,16H,6-11H2,1-5H3,(H,29,30)/p-1. The molecule has 1 amide bonds. The van der Waals surface area contributed by atoms with Gasteiger partial charge in [-0.05, 0) is 50.2 Å². The zero-order valence-electron chi connectivity index (χ0n) is 19.9. The number of carbonyl (C=O) groups excluding carboxylic acids is 2. The van der Waals surface area contributed by atoms with E-state index in [1.807, 2.05) is 19.9 Å². The first kappa shape index (κ1) is 23.1. The molecule has 0 saturated carbocycles. The van der Waals surface area contributed by atoms with Crippen molar-refractivity contribution in [3.05, 3.63) is 45.0 Å². The fourth-order valence-corrected chi connectivity index (χ4v) is 4.82. The van der Waals surface area contributed by atoms with E-state index < -0.39 is 17.5 Å². The lowest BCUT2D eigenvalue weighted by Gasteiger charge is -2.32. The van der Waals surface area contributed by atoms with E-state index in [4.69, 9.17) is 8.83 Å². The molecular weight excluding hydrogens is 422 g/mol. The maximum Gasteiger partial charge on any atom is 0.339 e. The molecule has 1 saturated heterocycles. The number of nitrogens with zero attached hydrogens (tertiary/aromatic N) is 1. The van der Waals surface area contributed by atoms with Gasteiger partial charge in [-0.3, -0.25) is 4.79 Å². The number of benzene rings is 1. The Labute approximate surface area is 192 Å². The molecule has 7 heteroatoms. The largest absolute Gasteiger partial charge is 0.550 e. The van der Waals surface area contributed by atoms with Crippen LogP contribution >= 0.6 is 0 Å². The number of carbonyl (C=O) groups is 2. The molecule has 1 aromatic carbocycles. The minimum Gasteiger partial charge on any atom is -0.550 e. The topological polar surface area (TPSA) is 104 Å². The quantitative estimate of drug-likeness (QED) is 0.562. The molecule has 1 aliphatic heterocycles. The number of aliphatic carboxylic acids is 1. The van der Waals surface area contributed by atoms with E-state index in [0.29, 0.717) is 37.1 Å². The number of likely N-dealkylation sites (tertiary alicyclic amines) is 1. The van der Waals surface area contributed by atoms with Crippen LogP contribution in [0.1, 0.15) is 62.3 Å². The molecule has 0 bridgehead atoms. The van der Waals surface area contributed by atoms with Crippen LogP contribution in [0.15, 0.2) is 26.0 Å². The van der Waals surface area contributed by atoms with Crippen molar-refractivity contribution in [1.29, 1.82) is 0 Å². The Morgan fingerprint density at radius 3 is 2.36 bits per heavy atom. The van der Waals surface area contributed by atoms with Gasteiger partial charge in [0.15, 0.2) is 0 Å². The first-order chi connectivity index (χ1) is 15.5. The van der Waals surface area contributed by atoms with Crippen LogP contribution in [0.3, 0.4) is 0 Å². The first-order valence-corrected chi connectivity index (χ1v) is 11.4. The Balaban J connectivity index is 1.63. The van der Waals surface area contributed by atoms with Gasteiger partial charge in [-0.15, -0.1) is 0 Å². The Kier molecular flexibility index (Phi) is 5.85. The third kappa shape index (κ3) is 4.16. The van der Waals surface area contributed by atoms with Crippen LogP contribution in [-0.4, -0.2) is 29.9 Å². The number of furan rings is 1. The SMILES string of the molecule is Cc1c(CCC(=O)N2CCC(C(=O)[O-])CC2)c(=O)oc2c(C)c3occ(C(C)(C)C)c3cc12. The molecule has 1 fully saturated rings. The van der Waals surface area contributed by atoms with Crippen molar-refractivity contribution in [2.75, 3.05) is 13.1 Å². The highest BCUT2D eigenvalue weighted by Crippen LogP contribution is 2.37. The number of aryl methyl sites for hydroxylation is 2. The highest BCUT2D eigenvalue weighted by molar-refractivity contribution is 6.00. The minimum absolute atomic E-state index is 0.0813. The predicted molar refractivity (Wildman–Crippen MR) is 123 cm³/mol. The number of piperidine rings is 1. The van der Waals surface area contributed by atoms with E-state index in [1.165, 1.54) is 0 Å². The fourth-order valence-electron chi connectivity index (χ4n) is 4.82. The first-order valence-electron chi connectivity index (χ1n) is 11.4. The normalized spacial score (nSPS) is 15.5. The monoisotopic (exact) mass is 452 g/mol. The second-order valence-electron chi connectivity index (χ2n) is 10.1. The highest BCUT2D eigenvalue weighted by atomic mass is 16.4. The van der Waals surface area contributed by atoms with Crippen molar-refractivity contribution in [2.24, 2.45) is 5.92 Å². The molecule has 3 heterocycles. The zero-order valence-corrected chi connectivity index (χ0v) is 19.9. The molecule has 7 nitrogen and oxygen atoms in total. The summed E-state index contributed by atoms with van der Waals surface area (Å²) in [7, 11) is 0. The second-order valence-corrected chi connectivity index (χ2v) is 10.1. The number of hydrogen-bond acceptors (Lipinski definition) is 6. The van der Waals surface area contributed by atoms with Crippen LogP contribution in [0.2, 0.25) is 0 Å². The Bertz CT molecular complexity index is 1300. The van der Waals surface area contributed by atoms with Crippen molar-refractivity contribution >= 4 is 33.8 Å². The summed E-state index contributed by atoms with van der Waals surface area (Å²) in [5.74, 6) is -1.63. The number of hydrogen-bond donors (Lipinski definition) is 0. The molecule has 2 aromatic heterocycles.